The van der Waals surface area contributed by atoms with Gasteiger partial charge < -0.3 is 10.5 Å². The van der Waals surface area contributed by atoms with Gasteiger partial charge in [-0.3, -0.25) is 9.78 Å². The number of carbonyl (C=O) groups is 1. The van der Waals surface area contributed by atoms with E-state index < -0.39 is 5.91 Å². The zero-order valence-corrected chi connectivity index (χ0v) is 9.45. The molecule has 0 saturated carbocycles. The van der Waals surface area contributed by atoms with Crippen LogP contribution in [0.4, 0.5) is 5.69 Å². The monoisotopic (exact) mass is 241 g/mol. The molecule has 18 heavy (non-hydrogen) atoms. The number of aromatic nitrogens is 1. The van der Waals surface area contributed by atoms with Crippen molar-refractivity contribution in [3.63, 3.8) is 0 Å². The highest BCUT2D eigenvalue weighted by molar-refractivity contribution is 6.31. The molecule has 5 heteroatoms. The van der Waals surface area contributed by atoms with Crippen molar-refractivity contribution in [1.29, 1.82) is 0 Å². The van der Waals surface area contributed by atoms with Crippen LogP contribution in [0, 0.1) is 0 Å². The molecule has 1 heterocycles. The Morgan fingerprint density at radius 1 is 1.11 bits per heavy atom. The predicted molar refractivity (Wildman–Crippen MR) is 68.6 cm³/mol. The van der Waals surface area contributed by atoms with E-state index in [0.29, 0.717) is 5.69 Å². The maximum atomic E-state index is 11.1. The van der Waals surface area contributed by atoms with Crippen molar-refractivity contribution in [2.24, 2.45) is 5.16 Å². The standard InChI is InChI=1S/C13H11N3O2/c17-13(9-15-18)16-12-3-1-10(2-4-12)11-5-7-14-8-6-11/h1-9,18H,(H,16,17). The summed E-state index contributed by atoms with van der Waals surface area (Å²) in [5.74, 6) is -0.478. The second-order valence-electron chi connectivity index (χ2n) is 3.55. The third kappa shape index (κ3) is 2.91. The number of oxime groups is 1. The molecule has 1 aromatic carbocycles. The lowest BCUT2D eigenvalue weighted by Gasteiger charge is -2.04. The van der Waals surface area contributed by atoms with Gasteiger partial charge in [-0.2, -0.15) is 0 Å². The Morgan fingerprint density at radius 3 is 2.33 bits per heavy atom. The van der Waals surface area contributed by atoms with Gasteiger partial charge in [0.25, 0.3) is 5.91 Å². The number of amides is 1. The van der Waals surface area contributed by atoms with E-state index in [-0.39, 0.29) is 0 Å². The minimum atomic E-state index is -0.478. The molecule has 1 amide bonds. The van der Waals surface area contributed by atoms with Crippen molar-refractivity contribution in [1.82, 2.24) is 4.98 Å². The third-order valence-corrected chi connectivity index (χ3v) is 2.34. The summed E-state index contributed by atoms with van der Waals surface area (Å²) in [6.45, 7) is 0. The van der Waals surface area contributed by atoms with Crippen molar-refractivity contribution in [3.05, 3.63) is 48.8 Å². The average Bonchev–Trinajstić information content (AvgIpc) is 2.41. The van der Waals surface area contributed by atoms with Crippen LogP contribution >= 0.6 is 0 Å². The second kappa shape index (κ2) is 5.58. The number of hydrogen-bond donors (Lipinski definition) is 2. The van der Waals surface area contributed by atoms with Crippen LogP contribution in [-0.4, -0.2) is 22.3 Å². The first-order chi connectivity index (χ1) is 8.79. The summed E-state index contributed by atoms with van der Waals surface area (Å²) in [6.07, 6.45) is 4.25. The van der Waals surface area contributed by atoms with E-state index >= 15 is 0 Å². The zero-order valence-electron chi connectivity index (χ0n) is 9.45. The van der Waals surface area contributed by atoms with Gasteiger partial charge in [0.2, 0.25) is 0 Å². The van der Waals surface area contributed by atoms with E-state index in [1.54, 1.807) is 24.5 Å². The molecule has 2 N–H and O–H groups in total. The maximum Gasteiger partial charge on any atom is 0.270 e. The SMILES string of the molecule is O=C(C=NO)Nc1ccc(-c2ccncc2)cc1. The van der Waals surface area contributed by atoms with Crippen LogP contribution < -0.4 is 5.32 Å². The van der Waals surface area contributed by atoms with Gasteiger partial charge in [0.05, 0.1) is 0 Å². The van der Waals surface area contributed by atoms with Crippen molar-refractivity contribution >= 4 is 17.8 Å². The van der Waals surface area contributed by atoms with Crippen molar-refractivity contribution < 1.29 is 10.0 Å². The minimum Gasteiger partial charge on any atom is -0.411 e. The molecule has 5 nitrogen and oxygen atoms in total. The summed E-state index contributed by atoms with van der Waals surface area (Å²) in [6, 6.07) is 11.2. The van der Waals surface area contributed by atoms with Crippen molar-refractivity contribution in [2.45, 2.75) is 0 Å². The normalized spacial score (nSPS) is 10.4. The number of nitrogens with zero attached hydrogens (tertiary/aromatic N) is 2. The first kappa shape index (κ1) is 11.8. The summed E-state index contributed by atoms with van der Waals surface area (Å²) in [5.41, 5.74) is 2.73. The van der Waals surface area contributed by atoms with Gasteiger partial charge in [-0.05, 0) is 35.4 Å². The molecule has 2 aromatic rings. The Balaban J connectivity index is 2.13. The summed E-state index contributed by atoms with van der Waals surface area (Å²) >= 11 is 0. The van der Waals surface area contributed by atoms with E-state index in [0.717, 1.165) is 17.3 Å². The molecule has 0 aliphatic rings. The predicted octanol–water partition coefficient (Wildman–Crippen LogP) is 2.15. The molecular weight excluding hydrogens is 230 g/mol. The van der Waals surface area contributed by atoms with E-state index in [1.165, 1.54) is 0 Å². The number of benzene rings is 1. The fourth-order valence-corrected chi connectivity index (χ4v) is 1.52. The number of anilines is 1. The zero-order chi connectivity index (χ0) is 12.8. The van der Waals surface area contributed by atoms with Gasteiger partial charge in [0.15, 0.2) is 0 Å². The van der Waals surface area contributed by atoms with E-state index in [9.17, 15) is 4.79 Å². The number of carbonyl (C=O) groups excluding carboxylic acids is 1. The summed E-state index contributed by atoms with van der Waals surface area (Å²) in [5, 5.41) is 13.4. The van der Waals surface area contributed by atoms with Crippen LogP contribution in [0.15, 0.2) is 53.9 Å². The summed E-state index contributed by atoms with van der Waals surface area (Å²) in [4.78, 5) is 15.1. The Morgan fingerprint density at radius 2 is 1.72 bits per heavy atom. The molecular formula is C13H11N3O2. The van der Waals surface area contributed by atoms with Crippen molar-refractivity contribution in [3.8, 4) is 11.1 Å². The summed E-state index contributed by atoms with van der Waals surface area (Å²) < 4.78 is 0. The van der Waals surface area contributed by atoms with Crippen molar-refractivity contribution in [2.75, 3.05) is 5.32 Å². The molecule has 0 radical (unpaired) electrons. The maximum absolute atomic E-state index is 11.1. The number of pyridine rings is 1. The highest BCUT2D eigenvalue weighted by Crippen LogP contribution is 2.20. The molecule has 2 rings (SSSR count). The number of rotatable bonds is 3. The second-order valence-corrected chi connectivity index (χ2v) is 3.55. The Bertz CT molecular complexity index is 550. The van der Waals surface area contributed by atoms with Crippen LogP contribution in [0.25, 0.3) is 11.1 Å². The highest BCUT2D eigenvalue weighted by atomic mass is 16.4. The van der Waals surface area contributed by atoms with Gasteiger partial charge >= 0.3 is 0 Å². The third-order valence-electron chi connectivity index (χ3n) is 2.34. The van der Waals surface area contributed by atoms with E-state index in [4.69, 9.17) is 5.21 Å². The summed E-state index contributed by atoms with van der Waals surface area (Å²) in [7, 11) is 0. The molecule has 1 aromatic heterocycles. The van der Waals surface area contributed by atoms with Crippen LogP contribution in [0.1, 0.15) is 0 Å². The smallest absolute Gasteiger partial charge is 0.270 e. The molecule has 0 fully saturated rings. The van der Waals surface area contributed by atoms with E-state index in [2.05, 4.69) is 15.5 Å². The van der Waals surface area contributed by atoms with Crippen LogP contribution in [0.3, 0.4) is 0 Å². The molecule has 0 saturated heterocycles. The lowest BCUT2D eigenvalue weighted by Crippen LogP contribution is -2.12. The van der Waals surface area contributed by atoms with Crippen LogP contribution in [0.5, 0.6) is 0 Å². The molecule has 90 valence electrons. The molecule has 0 aliphatic carbocycles. The van der Waals surface area contributed by atoms with Gasteiger partial charge in [0, 0.05) is 18.1 Å². The van der Waals surface area contributed by atoms with Crippen LogP contribution in [-0.2, 0) is 4.79 Å². The lowest BCUT2D eigenvalue weighted by atomic mass is 10.1. The van der Waals surface area contributed by atoms with Crippen LogP contribution in [0.2, 0.25) is 0 Å². The van der Waals surface area contributed by atoms with Gasteiger partial charge in [-0.15, -0.1) is 0 Å². The largest absolute Gasteiger partial charge is 0.411 e. The van der Waals surface area contributed by atoms with Gasteiger partial charge in [-0.1, -0.05) is 17.3 Å². The first-order valence-electron chi connectivity index (χ1n) is 5.28. The Labute approximate surface area is 104 Å². The number of nitrogens with one attached hydrogen (secondary N) is 1. The fraction of sp³-hybridized carbons (Fsp3) is 0. The molecule has 0 bridgehead atoms. The average molecular weight is 241 g/mol. The molecule has 0 atom stereocenters. The van der Waals surface area contributed by atoms with E-state index in [1.807, 2.05) is 24.3 Å². The topological polar surface area (TPSA) is 74.6 Å². The molecule has 0 spiro atoms. The van der Waals surface area contributed by atoms with Gasteiger partial charge in [-0.25, -0.2) is 0 Å². The van der Waals surface area contributed by atoms with Gasteiger partial charge in [0.1, 0.15) is 6.21 Å². The highest BCUT2D eigenvalue weighted by Gasteiger charge is 2.00. The Kier molecular flexibility index (Phi) is 3.66. The first-order valence-corrected chi connectivity index (χ1v) is 5.28. The minimum absolute atomic E-state index is 0.478. The lowest BCUT2D eigenvalue weighted by molar-refractivity contribution is -0.110. The number of hydrogen-bond acceptors (Lipinski definition) is 4. The fourth-order valence-electron chi connectivity index (χ4n) is 1.52. The molecule has 0 unspecified atom stereocenters. The molecule has 0 aliphatic heterocycles. The quantitative estimate of drug-likeness (QED) is 0.491. The Hall–Kier alpha value is -2.69.